The summed E-state index contributed by atoms with van der Waals surface area (Å²) in [5.41, 5.74) is 6.14. The first-order chi connectivity index (χ1) is 9.83. The highest BCUT2D eigenvalue weighted by Gasteiger charge is 2.25. The van der Waals surface area contributed by atoms with E-state index < -0.39 is 5.54 Å². The van der Waals surface area contributed by atoms with Crippen LogP contribution in [0.2, 0.25) is 10.0 Å². The van der Waals surface area contributed by atoms with E-state index in [9.17, 15) is 4.79 Å². The number of carbonyl (C=O) groups is 1. The van der Waals surface area contributed by atoms with Crippen molar-refractivity contribution < 1.29 is 9.21 Å². The van der Waals surface area contributed by atoms with Crippen molar-refractivity contribution in [1.82, 2.24) is 5.32 Å². The molecular formula is C15H17Cl3N2O2. The maximum absolute atomic E-state index is 12.2. The Hall–Kier alpha value is -1.20. The molecule has 0 bridgehead atoms. The van der Waals surface area contributed by atoms with E-state index in [1.165, 1.54) is 6.26 Å². The molecule has 0 atom stereocenters. The average molecular weight is 364 g/mol. The zero-order chi connectivity index (χ0) is 15.6. The molecule has 0 saturated heterocycles. The third kappa shape index (κ3) is 4.17. The van der Waals surface area contributed by atoms with E-state index in [4.69, 9.17) is 33.4 Å². The minimum Gasteiger partial charge on any atom is -0.467 e. The Morgan fingerprint density at radius 3 is 2.50 bits per heavy atom. The van der Waals surface area contributed by atoms with Gasteiger partial charge in [-0.15, -0.1) is 12.4 Å². The van der Waals surface area contributed by atoms with Gasteiger partial charge in [-0.2, -0.15) is 0 Å². The molecule has 4 nitrogen and oxygen atoms in total. The predicted molar refractivity (Wildman–Crippen MR) is 90.8 cm³/mol. The van der Waals surface area contributed by atoms with E-state index in [0.29, 0.717) is 21.4 Å². The number of nitrogens with one attached hydrogen (secondary N) is 1. The van der Waals surface area contributed by atoms with Gasteiger partial charge < -0.3 is 15.5 Å². The second-order valence-electron chi connectivity index (χ2n) is 5.21. The fourth-order valence-electron chi connectivity index (χ4n) is 1.92. The normalized spacial score (nSPS) is 11.0. The molecule has 0 aliphatic carbocycles. The number of rotatable bonds is 4. The first-order valence-electron chi connectivity index (χ1n) is 6.39. The van der Waals surface area contributed by atoms with Gasteiger partial charge in [0, 0.05) is 0 Å². The van der Waals surface area contributed by atoms with Crippen LogP contribution in [0.3, 0.4) is 0 Å². The standard InChI is InChI=1S/C15H16Cl2N2O2.ClH/c1-15(2,10-3-4-12(16)13(17)6-10)19-14(20)9-5-11(7-18)21-8-9;/h3-6,8H,7,18H2,1-2H3,(H,19,20);1H. The maximum Gasteiger partial charge on any atom is 0.255 e. The van der Waals surface area contributed by atoms with Crippen molar-refractivity contribution in [2.75, 3.05) is 0 Å². The smallest absolute Gasteiger partial charge is 0.255 e. The molecule has 0 aliphatic rings. The van der Waals surface area contributed by atoms with Gasteiger partial charge in [0.05, 0.1) is 27.7 Å². The summed E-state index contributed by atoms with van der Waals surface area (Å²) in [6.07, 6.45) is 1.39. The molecule has 120 valence electrons. The summed E-state index contributed by atoms with van der Waals surface area (Å²) in [7, 11) is 0. The Balaban J connectivity index is 0.00000242. The minimum absolute atomic E-state index is 0. The van der Waals surface area contributed by atoms with Crippen LogP contribution in [0.4, 0.5) is 0 Å². The molecule has 1 aromatic carbocycles. The van der Waals surface area contributed by atoms with E-state index in [1.54, 1.807) is 18.2 Å². The van der Waals surface area contributed by atoms with Gasteiger partial charge >= 0.3 is 0 Å². The van der Waals surface area contributed by atoms with Gasteiger partial charge in [0.2, 0.25) is 0 Å². The highest BCUT2D eigenvalue weighted by atomic mass is 35.5. The Morgan fingerprint density at radius 2 is 1.95 bits per heavy atom. The van der Waals surface area contributed by atoms with Crippen LogP contribution in [0, 0.1) is 0 Å². The molecule has 22 heavy (non-hydrogen) atoms. The second-order valence-corrected chi connectivity index (χ2v) is 6.03. The molecular weight excluding hydrogens is 347 g/mol. The lowest BCUT2D eigenvalue weighted by atomic mass is 9.94. The summed E-state index contributed by atoms with van der Waals surface area (Å²) in [6.45, 7) is 4.02. The van der Waals surface area contributed by atoms with Gasteiger partial charge in [0.15, 0.2) is 0 Å². The van der Waals surface area contributed by atoms with E-state index in [2.05, 4.69) is 5.32 Å². The highest BCUT2D eigenvalue weighted by Crippen LogP contribution is 2.28. The van der Waals surface area contributed by atoms with Crippen molar-refractivity contribution in [3.05, 3.63) is 57.5 Å². The summed E-state index contributed by atoms with van der Waals surface area (Å²) in [4.78, 5) is 12.2. The number of hydrogen-bond donors (Lipinski definition) is 2. The topological polar surface area (TPSA) is 68.3 Å². The van der Waals surface area contributed by atoms with Crippen LogP contribution in [-0.2, 0) is 12.1 Å². The molecule has 3 N–H and O–H groups in total. The largest absolute Gasteiger partial charge is 0.467 e. The van der Waals surface area contributed by atoms with Crippen LogP contribution < -0.4 is 11.1 Å². The Morgan fingerprint density at radius 1 is 1.27 bits per heavy atom. The van der Waals surface area contributed by atoms with Crippen molar-refractivity contribution >= 4 is 41.5 Å². The molecule has 0 fully saturated rings. The predicted octanol–water partition coefficient (Wildman–Crippen LogP) is 4.13. The quantitative estimate of drug-likeness (QED) is 0.858. The van der Waals surface area contributed by atoms with E-state index in [-0.39, 0.29) is 24.9 Å². The van der Waals surface area contributed by atoms with Crippen LogP contribution in [0.5, 0.6) is 0 Å². The van der Waals surface area contributed by atoms with Gasteiger partial charge in [-0.25, -0.2) is 0 Å². The lowest BCUT2D eigenvalue weighted by Gasteiger charge is -2.27. The van der Waals surface area contributed by atoms with Crippen LogP contribution in [0.25, 0.3) is 0 Å². The Kier molecular flexibility index (Phi) is 6.32. The molecule has 0 aliphatic heterocycles. The highest BCUT2D eigenvalue weighted by molar-refractivity contribution is 6.42. The van der Waals surface area contributed by atoms with Crippen molar-refractivity contribution in [3.8, 4) is 0 Å². The minimum atomic E-state index is -0.606. The van der Waals surface area contributed by atoms with Gasteiger partial charge in [-0.3, -0.25) is 4.79 Å². The van der Waals surface area contributed by atoms with Gasteiger partial charge in [-0.1, -0.05) is 29.3 Å². The monoisotopic (exact) mass is 362 g/mol. The van der Waals surface area contributed by atoms with Gasteiger partial charge in [0.25, 0.3) is 5.91 Å². The van der Waals surface area contributed by atoms with Crippen molar-refractivity contribution in [3.63, 3.8) is 0 Å². The molecule has 7 heteroatoms. The molecule has 1 heterocycles. The van der Waals surface area contributed by atoms with Crippen molar-refractivity contribution in [2.45, 2.75) is 25.9 Å². The molecule has 0 saturated carbocycles. The zero-order valence-electron chi connectivity index (χ0n) is 12.2. The Labute approximate surface area is 145 Å². The van der Waals surface area contributed by atoms with Gasteiger partial charge in [-0.05, 0) is 37.6 Å². The lowest BCUT2D eigenvalue weighted by molar-refractivity contribution is 0.0911. The molecule has 1 amide bonds. The number of hydrogen-bond acceptors (Lipinski definition) is 3. The maximum atomic E-state index is 12.2. The number of amides is 1. The number of carbonyl (C=O) groups excluding carboxylic acids is 1. The molecule has 0 radical (unpaired) electrons. The van der Waals surface area contributed by atoms with Crippen molar-refractivity contribution in [2.24, 2.45) is 5.73 Å². The number of furan rings is 1. The van der Waals surface area contributed by atoms with Crippen LogP contribution in [-0.4, -0.2) is 5.91 Å². The van der Waals surface area contributed by atoms with Crippen LogP contribution in [0.15, 0.2) is 34.9 Å². The summed E-state index contributed by atoms with van der Waals surface area (Å²) < 4.78 is 5.17. The SMILES string of the molecule is CC(C)(NC(=O)c1coc(CN)c1)c1ccc(Cl)c(Cl)c1.Cl. The third-order valence-corrected chi connectivity index (χ3v) is 3.92. The van der Waals surface area contributed by atoms with E-state index in [1.807, 2.05) is 19.9 Å². The fraction of sp³-hybridized carbons (Fsp3) is 0.267. The molecule has 0 spiro atoms. The van der Waals surface area contributed by atoms with E-state index in [0.717, 1.165) is 5.56 Å². The lowest BCUT2D eigenvalue weighted by Crippen LogP contribution is -2.40. The summed E-state index contributed by atoms with van der Waals surface area (Å²) in [6, 6.07) is 6.90. The first kappa shape index (κ1) is 18.8. The Bertz CT molecular complexity index is 669. The van der Waals surface area contributed by atoms with Gasteiger partial charge in [0.1, 0.15) is 12.0 Å². The van der Waals surface area contributed by atoms with Crippen LogP contribution in [0.1, 0.15) is 35.5 Å². The molecule has 1 aromatic heterocycles. The van der Waals surface area contributed by atoms with Crippen LogP contribution >= 0.6 is 35.6 Å². The number of halogens is 3. The van der Waals surface area contributed by atoms with E-state index >= 15 is 0 Å². The van der Waals surface area contributed by atoms with Crippen molar-refractivity contribution in [1.29, 1.82) is 0 Å². The summed E-state index contributed by atoms with van der Waals surface area (Å²) in [5.74, 6) is 0.321. The third-order valence-electron chi connectivity index (χ3n) is 3.18. The number of benzene rings is 1. The second kappa shape index (κ2) is 7.38. The summed E-state index contributed by atoms with van der Waals surface area (Å²) >= 11 is 11.9. The number of nitrogens with two attached hydrogens (primary N) is 1. The molecule has 2 rings (SSSR count). The fourth-order valence-corrected chi connectivity index (χ4v) is 2.22. The molecule has 0 unspecified atom stereocenters. The summed E-state index contributed by atoms with van der Waals surface area (Å²) in [5, 5.41) is 3.86. The average Bonchev–Trinajstić information content (AvgIpc) is 2.90. The zero-order valence-corrected chi connectivity index (χ0v) is 14.5. The first-order valence-corrected chi connectivity index (χ1v) is 7.14. The molecule has 2 aromatic rings.